The summed E-state index contributed by atoms with van der Waals surface area (Å²) in [6.07, 6.45) is 4.76. The minimum absolute atomic E-state index is 0.0527. The smallest absolute Gasteiger partial charge is 0.409 e. The predicted molar refractivity (Wildman–Crippen MR) is 98.3 cm³/mol. The molecule has 3 rings (SSSR count). The largest absolute Gasteiger partial charge is 0.450 e. The summed E-state index contributed by atoms with van der Waals surface area (Å²) in [6.45, 7) is 5.45. The van der Waals surface area contributed by atoms with Crippen LogP contribution in [0.25, 0.3) is 5.65 Å². The maximum Gasteiger partial charge on any atom is 0.409 e. The Bertz CT molecular complexity index is 778. The molecule has 0 spiro atoms. The number of ether oxygens (including phenoxy) is 1. The molecule has 26 heavy (non-hydrogen) atoms. The fourth-order valence-electron chi connectivity index (χ4n) is 3.37. The second-order valence-electron chi connectivity index (χ2n) is 6.52. The molecule has 2 amide bonds. The summed E-state index contributed by atoms with van der Waals surface area (Å²) < 4.78 is 6.89. The number of aromatic nitrogens is 2. The summed E-state index contributed by atoms with van der Waals surface area (Å²) in [5, 5.41) is 3.13. The molecule has 7 nitrogen and oxygen atoms in total. The van der Waals surface area contributed by atoms with Gasteiger partial charge in [-0.05, 0) is 38.3 Å². The molecule has 0 aliphatic carbocycles. The lowest BCUT2D eigenvalue weighted by Crippen LogP contribution is -2.47. The molecule has 3 heterocycles. The van der Waals surface area contributed by atoms with Crippen LogP contribution >= 0.6 is 0 Å². The summed E-state index contributed by atoms with van der Waals surface area (Å²) >= 11 is 0. The van der Waals surface area contributed by atoms with Crippen molar-refractivity contribution in [2.45, 2.75) is 45.6 Å². The Labute approximate surface area is 153 Å². The molecule has 1 aliphatic heterocycles. The number of likely N-dealkylation sites (tertiary alicyclic amines) is 1. The Balaban J connectivity index is 1.68. The molecule has 140 valence electrons. The first-order valence-corrected chi connectivity index (χ1v) is 9.32. The molecule has 1 saturated heterocycles. The number of amides is 2. The van der Waals surface area contributed by atoms with Gasteiger partial charge in [0.15, 0.2) is 0 Å². The van der Waals surface area contributed by atoms with E-state index in [-0.39, 0.29) is 18.0 Å². The normalized spacial score (nSPS) is 15.2. The number of carbonyl (C=O) groups excluding carboxylic acids is 2. The van der Waals surface area contributed by atoms with E-state index in [2.05, 4.69) is 17.2 Å². The van der Waals surface area contributed by atoms with E-state index in [1.54, 1.807) is 11.8 Å². The number of nitrogens with one attached hydrogen (secondary N) is 1. The Hall–Kier alpha value is -2.57. The summed E-state index contributed by atoms with van der Waals surface area (Å²) in [7, 11) is 0. The number of hydrogen-bond donors (Lipinski definition) is 1. The van der Waals surface area contributed by atoms with Crippen molar-refractivity contribution in [2.24, 2.45) is 0 Å². The second kappa shape index (κ2) is 8.21. The van der Waals surface area contributed by atoms with Crippen molar-refractivity contribution < 1.29 is 14.3 Å². The van der Waals surface area contributed by atoms with Crippen LogP contribution in [-0.2, 0) is 11.2 Å². The van der Waals surface area contributed by atoms with E-state index in [1.807, 2.05) is 28.8 Å². The standard InChI is InChI=1S/C19H26N4O3/c1-3-7-15-17(23-11-6-5-8-16(23)21-15)18(24)20-14-9-12-22(13-10-14)19(25)26-4-2/h5-6,8,11,14H,3-4,7,9-10,12-13H2,1-2H3,(H,20,24). The summed E-state index contributed by atoms with van der Waals surface area (Å²) in [5.41, 5.74) is 2.24. The van der Waals surface area contributed by atoms with Crippen molar-refractivity contribution >= 4 is 17.6 Å². The molecule has 2 aromatic heterocycles. The van der Waals surface area contributed by atoms with E-state index in [0.717, 1.165) is 37.0 Å². The molecule has 1 aliphatic rings. The number of nitrogens with zero attached hydrogens (tertiary/aromatic N) is 3. The van der Waals surface area contributed by atoms with Gasteiger partial charge in [-0.2, -0.15) is 0 Å². The predicted octanol–water partition coefficient (Wildman–Crippen LogP) is 2.64. The van der Waals surface area contributed by atoms with Gasteiger partial charge < -0.3 is 15.0 Å². The highest BCUT2D eigenvalue weighted by molar-refractivity contribution is 5.95. The van der Waals surface area contributed by atoms with Crippen LogP contribution in [0, 0.1) is 0 Å². The average Bonchev–Trinajstić information content (AvgIpc) is 3.01. The van der Waals surface area contributed by atoms with E-state index in [9.17, 15) is 9.59 Å². The number of hydrogen-bond acceptors (Lipinski definition) is 4. The van der Waals surface area contributed by atoms with Crippen molar-refractivity contribution in [3.8, 4) is 0 Å². The van der Waals surface area contributed by atoms with Crippen LogP contribution in [0.2, 0.25) is 0 Å². The van der Waals surface area contributed by atoms with Gasteiger partial charge in [0.05, 0.1) is 12.3 Å². The summed E-state index contributed by atoms with van der Waals surface area (Å²) in [6, 6.07) is 5.79. The van der Waals surface area contributed by atoms with Crippen LogP contribution in [0.3, 0.4) is 0 Å². The number of carbonyl (C=O) groups is 2. The van der Waals surface area contributed by atoms with Crippen LogP contribution in [0.15, 0.2) is 24.4 Å². The van der Waals surface area contributed by atoms with E-state index in [1.165, 1.54) is 0 Å². The third-order valence-corrected chi connectivity index (χ3v) is 4.66. The fraction of sp³-hybridized carbons (Fsp3) is 0.526. The Morgan fingerprint density at radius 3 is 2.73 bits per heavy atom. The highest BCUT2D eigenvalue weighted by atomic mass is 16.6. The molecular formula is C19H26N4O3. The van der Waals surface area contributed by atoms with Crippen molar-refractivity contribution in [1.29, 1.82) is 0 Å². The number of imidazole rings is 1. The first kappa shape index (κ1) is 18.2. The minimum atomic E-state index is -0.274. The third-order valence-electron chi connectivity index (χ3n) is 4.66. The lowest BCUT2D eigenvalue weighted by molar-refractivity contribution is 0.0855. The van der Waals surface area contributed by atoms with Crippen LogP contribution in [-0.4, -0.2) is 52.0 Å². The van der Waals surface area contributed by atoms with E-state index < -0.39 is 0 Å². The molecule has 0 saturated carbocycles. The van der Waals surface area contributed by atoms with Gasteiger partial charge >= 0.3 is 6.09 Å². The van der Waals surface area contributed by atoms with Gasteiger partial charge in [0.1, 0.15) is 11.3 Å². The van der Waals surface area contributed by atoms with E-state index in [4.69, 9.17) is 4.74 Å². The fourth-order valence-corrected chi connectivity index (χ4v) is 3.37. The number of rotatable bonds is 5. The zero-order valence-corrected chi connectivity index (χ0v) is 15.4. The second-order valence-corrected chi connectivity index (χ2v) is 6.52. The number of pyridine rings is 1. The topological polar surface area (TPSA) is 75.9 Å². The highest BCUT2D eigenvalue weighted by Crippen LogP contribution is 2.17. The molecule has 7 heteroatoms. The Morgan fingerprint density at radius 2 is 2.04 bits per heavy atom. The van der Waals surface area contributed by atoms with Gasteiger partial charge in [-0.25, -0.2) is 9.78 Å². The summed E-state index contributed by atoms with van der Waals surface area (Å²) in [5.74, 6) is -0.0956. The Kier molecular flexibility index (Phi) is 5.75. The lowest BCUT2D eigenvalue weighted by atomic mass is 10.0. The zero-order chi connectivity index (χ0) is 18.5. The first-order valence-electron chi connectivity index (χ1n) is 9.32. The van der Waals surface area contributed by atoms with Gasteiger partial charge in [0, 0.05) is 25.3 Å². The van der Waals surface area contributed by atoms with E-state index >= 15 is 0 Å². The van der Waals surface area contributed by atoms with Crippen molar-refractivity contribution in [3.05, 3.63) is 35.8 Å². The molecule has 2 aromatic rings. The van der Waals surface area contributed by atoms with Crippen LogP contribution in [0.4, 0.5) is 4.79 Å². The van der Waals surface area contributed by atoms with Crippen molar-refractivity contribution in [2.75, 3.05) is 19.7 Å². The van der Waals surface area contributed by atoms with Gasteiger partial charge in [0.2, 0.25) is 0 Å². The van der Waals surface area contributed by atoms with Crippen LogP contribution in [0.5, 0.6) is 0 Å². The molecule has 1 fully saturated rings. The zero-order valence-electron chi connectivity index (χ0n) is 15.4. The van der Waals surface area contributed by atoms with Gasteiger partial charge in [-0.3, -0.25) is 9.20 Å². The number of piperidine rings is 1. The third kappa shape index (κ3) is 3.81. The van der Waals surface area contributed by atoms with E-state index in [0.29, 0.717) is 25.4 Å². The number of fused-ring (bicyclic) bond motifs is 1. The molecule has 0 atom stereocenters. The summed E-state index contributed by atoms with van der Waals surface area (Å²) in [4.78, 5) is 31.0. The van der Waals surface area contributed by atoms with Gasteiger partial charge in [0.25, 0.3) is 5.91 Å². The molecule has 0 aromatic carbocycles. The molecule has 0 unspecified atom stereocenters. The SMILES string of the molecule is CCCc1nc2ccccn2c1C(=O)NC1CCN(C(=O)OCC)CC1. The quantitative estimate of drug-likeness (QED) is 0.891. The minimum Gasteiger partial charge on any atom is -0.450 e. The molecule has 0 radical (unpaired) electrons. The van der Waals surface area contributed by atoms with Gasteiger partial charge in [-0.15, -0.1) is 0 Å². The number of aryl methyl sites for hydroxylation is 1. The van der Waals surface area contributed by atoms with Crippen molar-refractivity contribution in [3.63, 3.8) is 0 Å². The van der Waals surface area contributed by atoms with Crippen LogP contribution in [0.1, 0.15) is 49.3 Å². The maximum atomic E-state index is 12.9. The molecule has 0 bridgehead atoms. The molecule has 1 N–H and O–H groups in total. The average molecular weight is 358 g/mol. The van der Waals surface area contributed by atoms with Crippen LogP contribution < -0.4 is 5.32 Å². The molecular weight excluding hydrogens is 332 g/mol. The van der Waals surface area contributed by atoms with Gasteiger partial charge in [-0.1, -0.05) is 19.4 Å². The monoisotopic (exact) mass is 358 g/mol. The maximum absolute atomic E-state index is 12.9. The first-order chi connectivity index (χ1) is 12.6. The Morgan fingerprint density at radius 1 is 1.27 bits per heavy atom. The van der Waals surface area contributed by atoms with Crippen molar-refractivity contribution in [1.82, 2.24) is 19.6 Å². The lowest BCUT2D eigenvalue weighted by Gasteiger charge is -2.31. The highest BCUT2D eigenvalue weighted by Gasteiger charge is 2.26.